The summed E-state index contributed by atoms with van der Waals surface area (Å²) < 4.78 is 0. The van der Waals surface area contributed by atoms with Crippen LogP contribution in [-0.4, -0.2) is 6.04 Å². The fourth-order valence-electron chi connectivity index (χ4n) is 9.34. The summed E-state index contributed by atoms with van der Waals surface area (Å²) in [5.41, 5.74) is 14.2. The second kappa shape index (κ2) is 16.3. The van der Waals surface area contributed by atoms with Crippen molar-refractivity contribution in [2.24, 2.45) is 0 Å². The Labute approximate surface area is 363 Å². The highest BCUT2D eigenvalue weighted by Crippen LogP contribution is 2.43. The smallest absolute Gasteiger partial charge is 0.0560 e. The number of anilines is 4. The average Bonchev–Trinajstić information content (AvgIpc) is 3.35. The van der Waals surface area contributed by atoms with E-state index in [-0.39, 0.29) is 6.04 Å². The van der Waals surface area contributed by atoms with Crippen LogP contribution in [0, 0.1) is 0 Å². The molecule has 0 spiro atoms. The fraction of sp³-hybridized carbons (Fsp3) is 0.0333. The molecule has 11 rings (SSSR count). The third-order valence-electron chi connectivity index (χ3n) is 12.4. The molecule has 1 atom stereocenters. The van der Waals surface area contributed by atoms with E-state index in [1.54, 1.807) is 0 Å². The molecule has 0 aromatic heterocycles. The predicted octanol–water partition coefficient (Wildman–Crippen LogP) is 16.4. The molecule has 62 heavy (non-hydrogen) atoms. The number of nitrogens with one attached hydrogen (secondary N) is 1. The van der Waals surface area contributed by atoms with Gasteiger partial charge in [-0.25, -0.2) is 0 Å². The Morgan fingerprint density at radius 3 is 1.79 bits per heavy atom. The molecular weight excluding hydrogens is 749 g/mol. The highest BCUT2D eigenvalue weighted by atomic mass is 15.2. The Balaban J connectivity index is 0.891. The normalized spacial score (nSPS) is 13.6. The van der Waals surface area contributed by atoms with E-state index < -0.39 is 0 Å². The topological polar surface area (TPSA) is 15.3 Å². The van der Waals surface area contributed by atoms with Gasteiger partial charge in [-0.1, -0.05) is 200 Å². The maximum Gasteiger partial charge on any atom is 0.0560 e. The Bertz CT molecular complexity index is 3270. The van der Waals surface area contributed by atoms with Crippen molar-refractivity contribution in [3.8, 4) is 33.4 Å². The van der Waals surface area contributed by atoms with Crippen LogP contribution in [0.15, 0.2) is 243 Å². The minimum atomic E-state index is 0.131. The van der Waals surface area contributed by atoms with Gasteiger partial charge in [-0.3, -0.25) is 0 Å². The highest BCUT2D eigenvalue weighted by Gasteiger charge is 2.23. The van der Waals surface area contributed by atoms with E-state index in [1.165, 1.54) is 88.2 Å². The maximum atomic E-state index is 3.81. The first-order valence-corrected chi connectivity index (χ1v) is 21.5. The van der Waals surface area contributed by atoms with Crippen LogP contribution < -0.4 is 10.2 Å². The summed E-state index contributed by atoms with van der Waals surface area (Å²) in [5.74, 6) is 0. The predicted molar refractivity (Wildman–Crippen MR) is 266 cm³/mol. The minimum absolute atomic E-state index is 0.131. The number of nitrogens with zero attached hydrogens (tertiary/aromatic N) is 1. The van der Waals surface area contributed by atoms with Crippen molar-refractivity contribution in [3.05, 3.63) is 248 Å². The Morgan fingerprint density at radius 1 is 0.419 bits per heavy atom. The zero-order valence-electron chi connectivity index (χ0n) is 34.3. The van der Waals surface area contributed by atoms with Crippen molar-refractivity contribution < 1.29 is 0 Å². The first-order chi connectivity index (χ1) is 30.7. The molecule has 0 saturated carbocycles. The molecule has 0 amide bonds. The van der Waals surface area contributed by atoms with Crippen molar-refractivity contribution in [2.75, 3.05) is 10.2 Å². The van der Waals surface area contributed by atoms with E-state index in [1.807, 2.05) is 0 Å². The first-order valence-electron chi connectivity index (χ1n) is 21.5. The van der Waals surface area contributed by atoms with Crippen LogP contribution in [0.2, 0.25) is 0 Å². The lowest BCUT2D eigenvalue weighted by Gasteiger charge is -2.35. The largest absolute Gasteiger partial charge is 0.355 e. The zero-order valence-corrected chi connectivity index (χ0v) is 34.3. The molecule has 10 aromatic carbocycles. The number of hydrogen-bond acceptors (Lipinski definition) is 2. The second-order valence-corrected chi connectivity index (χ2v) is 16.1. The molecule has 0 bridgehead atoms. The maximum absolute atomic E-state index is 3.81. The molecule has 0 heterocycles. The summed E-state index contributed by atoms with van der Waals surface area (Å²) in [5, 5.41) is 11.4. The van der Waals surface area contributed by atoms with Gasteiger partial charge in [-0.15, -0.1) is 0 Å². The summed E-state index contributed by atoms with van der Waals surface area (Å²) in [7, 11) is 0. The molecule has 1 aliphatic carbocycles. The summed E-state index contributed by atoms with van der Waals surface area (Å²) in [6.07, 6.45) is 7.95. The van der Waals surface area contributed by atoms with Crippen molar-refractivity contribution in [1.82, 2.24) is 0 Å². The summed E-state index contributed by atoms with van der Waals surface area (Å²) in [6.45, 7) is 0. The van der Waals surface area contributed by atoms with Gasteiger partial charge in [0.1, 0.15) is 0 Å². The van der Waals surface area contributed by atoms with E-state index in [2.05, 4.69) is 253 Å². The standard InChI is InChI=1S/C60H44N2/c1-3-15-42(16-4-1)44-29-36-50(37-30-44)62(59-26-14-12-22-53(59)46-17-5-2-6-18-46)51-38-31-45(32-39-51)43-27-34-49(35-28-43)61-58-25-13-11-24-55(58)57-41-48-20-8-9-21-52(48)56-40-33-47-19-7-10-23-54(47)60(56)57/h1-38,40-41,51,61H,39H2. The molecule has 0 aliphatic heterocycles. The summed E-state index contributed by atoms with van der Waals surface area (Å²) >= 11 is 0. The van der Waals surface area contributed by atoms with E-state index >= 15 is 0 Å². The Hall–Kier alpha value is -7.94. The van der Waals surface area contributed by atoms with E-state index in [0.29, 0.717) is 0 Å². The molecule has 2 heteroatoms. The van der Waals surface area contributed by atoms with Gasteiger partial charge >= 0.3 is 0 Å². The Kier molecular flexibility index (Phi) is 9.72. The van der Waals surface area contributed by atoms with Crippen LogP contribution in [0.4, 0.5) is 22.7 Å². The van der Waals surface area contributed by atoms with E-state index in [4.69, 9.17) is 0 Å². The molecule has 1 N–H and O–H groups in total. The SMILES string of the molecule is C1=CC(N(c2ccc(-c3ccccc3)cc2)c2ccccc2-c2ccccc2)CC=C1c1ccc(Nc2ccccc2-c2cc3ccccc3c3ccc4ccccc4c23)cc1. The van der Waals surface area contributed by atoms with Gasteiger partial charge in [-0.05, 0) is 115 Å². The zero-order chi connectivity index (χ0) is 41.2. The summed E-state index contributed by atoms with van der Waals surface area (Å²) in [4.78, 5) is 2.51. The van der Waals surface area contributed by atoms with Crippen molar-refractivity contribution in [2.45, 2.75) is 12.5 Å². The molecule has 0 radical (unpaired) electrons. The molecule has 294 valence electrons. The lowest BCUT2D eigenvalue weighted by molar-refractivity contribution is 0.788. The number of para-hydroxylation sites is 2. The fourth-order valence-corrected chi connectivity index (χ4v) is 9.34. The number of rotatable bonds is 9. The van der Waals surface area contributed by atoms with Crippen LogP contribution in [0.3, 0.4) is 0 Å². The molecule has 0 fully saturated rings. The third kappa shape index (κ3) is 7.02. The molecule has 1 aliphatic rings. The van der Waals surface area contributed by atoms with Gasteiger partial charge in [0, 0.05) is 33.9 Å². The van der Waals surface area contributed by atoms with Crippen LogP contribution >= 0.6 is 0 Å². The van der Waals surface area contributed by atoms with Crippen LogP contribution in [0.5, 0.6) is 0 Å². The highest BCUT2D eigenvalue weighted by molar-refractivity contribution is 6.23. The van der Waals surface area contributed by atoms with Gasteiger partial charge in [0.25, 0.3) is 0 Å². The Morgan fingerprint density at radius 2 is 1.03 bits per heavy atom. The van der Waals surface area contributed by atoms with Gasteiger partial charge in [0.15, 0.2) is 0 Å². The minimum Gasteiger partial charge on any atom is -0.355 e. The molecule has 0 saturated heterocycles. The molecule has 10 aromatic rings. The van der Waals surface area contributed by atoms with Crippen LogP contribution in [0.1, 0.15) is 12.0 Å². The lowest BCUT2D eigenvalue weighted by atomic mass is 9.89. The van der Waals surface area contributed by atoms with Gasteiger partial charge in [0.2, 0.25) is 0 Å². The van der Waals surface area contributed by atoms with Gasteiger partial charge < -0.3 is 10.2 Å². The number of hydrogen-bond donors (Lipinski definition) is 1. The molecule has 1 unspecified atom stereocenters. The third-order valence-corrected chi connectivity index (χ3v) is 12.4. The van der Waals surface area contributed by atoms with Crippen LogP contribution in [0.25, 0.3) is 71.3 Å². The monoisotopic (exact) mass is 792 g/mol. The number of benzene rings is 10. The van der Waals surface area contributed by atoms with Crippen molar-refractivity contribution >= 4 is 60.6 Å². The van der Waals surface area contributed by atoms with Gasteiger partial charge in [0.05, 0.1) is 6.04 Å². The number of fused-ring (bicyclic) bond motifs is 5. The first kappa shape index (κ1) is 37.1. The van der Waals surface area contributed by atoms with Crippen LogP contribution in [-0.2, 0) is 0 Å². The van der Waals surface area contributed by atoms with Gasteiger partial charge in [-0.2, -0.15) is 0 Å². The van der Waals surface area contributed by atoms with E-state index in [9.17, 15) is 0 Å². The number of allylic oxidation sites excluding steroid dienone is 2. The molecular formula is C60H44N2. The average molecular weight is 793 g/mol. The van der Waals surface area contributed by atoms with E-state index in [0.717, 1.165) is 17.8 Å². The molecule has 2 nitrogen and oxygen atoms in total. The quantitative estimate of drug-likeness (QED) is 0.146. The summed E-state index contributed by atoms with van der Waals surface area (Å²) in [6, 6.07) is 81.3. The second-order valence-electron chi connectivity index (χ2n) is 16.1. The lowest BCUT2D eigenvalue weighted by Crippen LogP contribution is -2.30. The van der Waals surface area contributed by atoms with Crippen molar-refractivity contribution in [1.29, 1.82) is 0 Å². The van der Waals surface area contributed by atoms with Crippen molar-refractivity contribution in [3.63, 3.8) is 0 Å².